The van der Waals surface area contributed by atoms with Crippen LogP contribution in [0.2, 0.25) is 10.0 Å². The fraction of sp³-hybridized carbons (Fsp3) is 0.235. The summed E-state index contributed by atoms with van der Waals surface area (Å²) < 4.78 is 5.45. The summed E-state index contributed by atoms with van der Waals surface area (Å²) in [6, 6.07) is 6.00. The average molecular weight is 425 g/mol. The summed E-state index contributed by atoms with van der Waals surface area (Å²) in [5.74, 6) is -1.54. The van der Waals surface area contributed by atoms with Gasteiger partial charge in [-0.25, -0.2) is 0 Å². The molecule has 2 heterocycles. The minimum Gasteiger partial charge on any atom is -0.475 e. The van der Waals surface area contributed by atoms with Crippen molar-refractivity contribution in [2.24, 2.45) is 0 Å². The highest BCUT2D eigenvalue weighted by atomic mass is 35.5. The van der Waals surface area contributed by atoms with Gasteiger partial charge in [0.2, 0.25) is 5.91 Å². The molecule has 11 heteroatoms. The van der Waals surface area contributed by atoms with Crippen molar-refractivity contribution in [2.45, 2.75) is 26.0 Å². The van der Waals surface area contributed by atoms with E-state index in [9.17, 15) is 19.7 Å². The first-order valence-corrected chi connectivity index (χ1v) is 8.85. The lowest BCUT2D eigenvalue weighted by Gasteiger charge is -2.32. The molecule has 0 bridgehead atoms. The maximum absolute atomic E-state index is 12.7. The number of amides is 2. The molecule has 1 aromatic carbocycles. The number of carbonyl (C=O) groups excluding carboxylic acids is 2. The SMILES string of the molecule is CC1Oc2ccc([N+](=O)[O-])nc2N(C(C)C(=O)Nc2cc(Cl)ccc2Cl)C1=O. The molecule has 0 fully saturated rings. The van der Waals surface area contributed by atoms with E-state index in [1.807, 2.05) is 0 Å². The Balaban J connectivity index is 1.95. The van der Waals surface area contributed by atoms with E-state index in [0.29, 0.717) is 5.02 Å². The van der Waals surface area contributed by atoms with Crippen LogP contribution in [-0.4, -0.2) is 33.9 Å². The molecule has 9 nitrogen and oxygen atoms in total. The molecule has 0 saturated carbocycles. The highest BCUT2D eigenvalue weighted by Crippen LogP contribution is 2.35. The first kappa shape index (κ1) is 19.8. The molecule has 28 heavy (non-hydrogen) atoms. The Bertz CT molecular complexity index is 984. The van der Waals surface area contributed by atoms with Crippen LogP contribution in [0, 0.1) is 10.1 Å². The number of nitrogens with zero attached hydrogens (tertiary/aromatic N) is 3. The van der Waals surface area contributed by atoms with Gasteiger partial charge in [0.15, 0.2) is 11.9 Å². The Labute approximate surface area is 169 Å². The molecule has 3 rings (SSSR count). The zero-order valence-electron chi connectivity index (χ0n) is 14.7. The van der Waals surface area contributed by atoms with Crippen molar-refractivity contribution in [1.82, 2.24) is 4.98 Å². The molecule has 146 valence electrons. The third-order valence-corrected chi connectivity index (χ3v) is 4.65. The number of rotatable bonds is 4. The smallest absolute Gasteiger partial charge is 0.366 e. The van der Waals surface area contributed by atoms with Gasteiger partial charge < -0.3 is 20.2 Å². The van der Waals surface area contributed by atoms with Gasteiger partial charge in [0.1, 0.15) is 6.04 Å². The van der Waals surface area contributed by atoms with Gasteiger partial charge in [0.25, 0.3) is 11.7 Å². The van der Waals surface area contributed by atoms with Crippen LogP contribution in [0.25, 0.3) is 0 Å². The van der Waals surface area contributed by atoms with Crippen molar-refractivity contribution in [3.63, 3.8) is 0 Å². The third kappa shape index (κ3) is 3.71. The minimum absolute atomic E-state index is 0.0999. The van der Waals surface area contributed by atoms with Crippen molar-refractivity contribution in [1.29, 1.82) is 0 Å². The predicted molar refractivity (Wildman–Crippen MR) is 103 cm³/mol. The molecule has 1 N–H and O–H groups in total. The number of fused-ring (bicyclic) bond motifs is 1. The summed E-state index contributed by atoms with van der Waals surface area (Å²) in [6.45, 7) is 2.98. The third-order valence-electron chi connectivity index (χ3n) is 4.08. The molecule has 1 aromatic heterocycles. The zero-order chi connectivity index (χ0) is 20.6. The van der Waals surface area contributed by atoms with Gasteiger partial charge in [-0.15, -0.1) is 0 Å². The number of nitro groups is 1. The van der Waals surface area contributed by atoms with Gasteiger partial charge in [-0.3, -0.25) is 14.5 Å². The molecule has 2 unspecified atom stereocenters. The standard InChI is InChI=1S/C17H14Cl2N4O5/c1-8(16(24)20-12-7-10(18)3-4-11(12)19)22-15-13(28-9(2)17(22)25)5-6-14(21-15)23(26)27/h3-9H,1-2H3,(H,20,24). The van der Waals surface area contributed by atoms with E-state index < -0.39 is 34.7 Å². The number of pyridine rings is 1. The monoisotopic (exact) mass is 424 g/mol. The molecule has 0 saturated heterocycles. The number of hydrogen-bond acceptors (Lipinski definition) is 6. The van der Waals surface area contributed by atoms with Crippen molar-refractivity contribution >= 4 is 52.3 Å². The Morgan fingerprint density at radius 1 is 1.36 bits per heavy atom. The molecule has 2 atom stereocenters. The highest BCUT2D eigenvalue weighted by Gasteiger charge is 2.41. The van der Waals surface area contributed by atoms with Crippen LogP contribution in [0.4, 0.5) is 17.3 Å². The molecular weight excluding hydrogens is 411 g/mol. The topological polar surface area (TPSA) is 115 Å². The average Bonchev–Trinajstić information content (AvgIpc) is 2.64. The number of carbonyl (C=O) groups is 2. The van der Waals surface area contributed by atoms with Crippen LogP contribution in [0.1, 0.15) is 13.8 Å². The zero-order valence-corrected chi connectivity index (χ0v) is 16.2. The normalized spacial score (nSPS) is 16.8. The van der Waals surface area contributed by atoms with Crippen LogP contribution in [0.3, 0.4) is 0 Å². The Morgan fingerprint density at radius 2 is 2.07 bits per heavy atom. The van der Waals surface area contributed by atoms with E-state index in [1.165, 1.54) is 32.0 Å². The van der Waals surface area contributed by atoms with Crippen LogP contribution in [0.5, 0.6) is 5.75 Å². The molecule has 0 aliphatic carbocycles. The Hall–Kier alpha value is -2.91. The molecule has 1 aliphatic rings. The van der Waals surface area contributed by atoms with Gasteiger partial charge in [-0.1, -0.05) is 23.2 Å². The summed E-state index contributed by atoms with van der Waals surface area (Å²) in [7, 11) is 0. The first-order chi connectivity index (χ1) is 13.2. The number of hydrogen-bond donors (Lipinski definition) is 1. The van der Waals surface area contributed by atoms with E-state index in [2.05, 4.69) is 10.3 Å². The Morgan fingerprint density at radius 3 is 2.75 bits per heavy atom. The lowest BCUT2D eigenvalue weighted by molar-refractivity contribution is -0.389. The lowest BCUT2D eigenvalue weighted by Crippen LogP contribution is -2.53. The number of benzene rings is 1. The second-order valence-electron chi connectivity index (χ2n) is 6.01. The van der Waals surface area contributed by atoms with E-state index in [1.54, 1.807) is 6.07 Å². The maximum atomic E-state index is 12.7. The predicted octanol–water partition coefficient (Wildman–Crippen LogP) is 3.44. The second kappa shape index (κ2) is 7.61. The molecule has 2 amide bonds. The van der Waals surface area contributed by atoms with Crippen LogP contribution >= 0.6 is 23.2 Å². The van der Waals surface area contributed by atoms with Gasteiger partial charge in [0, 0.05) is 11.1 Å². The van der Waals surface area contributed by atoms with Crippen molar-refractivity contribution in [2.75, 3.05) is 10.2 Å². The van der Waals surface area contributed by atoms with Gasteiger partial charge in [0.05, 0.1) is 10.7 Å². The number of nitrogens with one attached hydrogen (secondary N) is 1. The van der Waals surface area contributed by atoms with E-state index in [-0.39, 0.29) is 22.3 Å². The van der Waals surface area contributed by atoms with Crippen molar-refractivity contribution in [3.8, 4) is 5.75 Å². The molecule has 0 radical (unpaired) electrons. The summed E-state index contributed by atoms with van der Waals surface area (Å²) in [4.78, 5) is 40.7. The summed E-state index contributed by atoms with van der Waals surface area (Å²) in [5, 5.41) is 14.3. The van der Waals surface area contributed by atoms with Gasteiger partial charge in [-0.2, -0.15) is 0 Å². The van der Waals surface area contributed by atoms with Crippen molar-refractivity contribution < 1.29 is 19.2 Å². The second-order valence-corrected chi connectivity index (χ2v) is 6.85. The summed E-state index contributed by atoms with van der Waals surface area (Å²) >= 11 is 12.0. The first-order valence-electron chi connectivity index (χ1n) is 8.10. The minimum atomic E-state index is -1.05. The quantitative estimate of drug-likeness (QED) is 0.593. The van der Waals surface area contributed by atoms with Gasteiger partial charge >= 0.3 is 5.82 Å². The summed E-state index contributed by atoms with van der Waals surface area (Å²) in [5.41, 5.74) is 0.270. The summed E-state index contributed by atoms with van der Waals surface area (Å²) in [6.07, 6.45) is -0.888. The molecule has 1 aliphatic heterocycles. The van der Waals surface area contributed by atoms with E-state index in [4.69, 9.17) is 27.9 Å². The number of halogens is 2. The van der Waals surface area contributed by atoms with Crippen LogP contribution in [0.15, 0.2) is 30.3 Å². The molecule has 2 aromatic rings. The molecular formula is C17H14Cl2N4O5. The Kier molecular flexibility index (Phi) is 5.39. The van der Waals surface area contributed by atoms with Gasteiger partial charge in [-0.05, 0) is 48.0 Å². The highest BCUT2D eigenvalue weighted by molar-refractivity contribution is 6.35. The van der Waals surface area contributed by atoms with Crippen molar-refractivity contribution in [3.05, 3.63) is 50.5 Å². The lowest BCUT2D eigenvalue weighted by atomic mass is 10.1. The largest absolute Gasteiger partial charge is 0.475 e. The molecule has 0 spiro atoms. The fourth-order valence-corrected chi connectivity index (χ4v) is 2.99. The van der Waals surface area contributed by atoms with E-state index in [0.717, 1.165) is 11.0 Å². The maximum Gasteiger partial charge on any atom is 0.366 e. The van der Waals surface area contributed by atoms with Crippen LogP contribution in [-0.2, 0) is 9.59 Å². The number of aromatic nitrogens is 1. The van der Waals surface area contributed by atoms with E-state index >= 15 is 0 Å². The van der Waals surface area contributed by atoms with Crippen LogP contribution < -0.4 is 15.0 Å². The number of anilines is 2. The number of ether oxygens (including phenoxy) is 1. The fourth-order valence-electron chi connectivity index (χ4n) is 2.65.